The number of hydrogen-bond donors (Lipinski definition) is 0. The van der Waals surface area contributed by atoms with Crippen LogP contribution >= 0.6 is 0 Å². The van der Waals surface area contributed by atoms with E-state index in [4.69, 9.17) is 6.57 Å². The van der Waals surface area contributed by atoms with Gasteiger partial charge in [0, 0.05) is 22.0 Å². The number of rotatable bonds is 6. The summed E-state index contributed by atoms with van der Waals surface area (Å²) in [5, 5.41) is 17.9. The maximum atomic E-state index is 10.9. The minimum Gasteiger partial charge on any atom is -0.310 e. The predicted molar refractivity (Wildman–Crippen MR) is 201 cm³/mol. The van der Waals surface area contributed by atoms with Crippen molar-refractivity contribution in [3.05, 3.63) is 193 Å². The predicted octanol–water partition coefficient (Wildman–Crippen LogP) is 8.25. The van der Waals surface area contributed by atoms with Crippen LogP contribution in [0.2, 0.25) is 0 Å². The molecule has 0 saturated heterocycles. The summed E-state index contributed by atoms with van der Waals surface area (Å²) in [5.74, 6) is 0. The van der Waals surface area contributed by atoms with E-state index in [9.17, 15) is 5.26 Å². The Morgan fingerprint density at radius 3 is 1.52 bits per heavy atom. The fourth-order valence-electron chi connectivity index (χ4n) is 7.46. The third-order valence-electron chi connectivity index (χ3n) is 9.40. The Morgan fingerprint density at radius 1 is 0.521 bits per heavy atom. The maximum absolute atomic E-state index is 10.9. The third kappa shape index (κ3) is 4.48. The van der Waals surface area contributed by atoms with Gasteiger partial charge in [0.25, 0.3) is 0 Å². The molecule has 1 heterocycles. The van der Waals surface area contributed by atoms with Gasteiger partial charge in [0.2, 0.25) is 0 Å². The first-order chi connectivity index (χ1) is 23.8. The molecule has 0 saturated carbocycles. The Kier molecular flexibility index (Phi) is 7.27. The van der Waals surface area contributed by atoms with Crippen LogP contribution in [0.3, 0.4) is 0 Å². The van der Waals surface area contributed by atoms with Gasteiger partial charge < -0.3 is 4.57 Å². The second-order valence-corrected chi connectivity index (χ2v) is 15.6. The molecular formula is C44H29N3Si. The number of benzene rings is 7. The Bertz CT molecular complexity index is 2370. The van der Waals surface area contributed by atoms with Crippen molar-refractivity contribution in [2.24, 2.45) is 0 Å². The van der Waals surface area contributed by atoms with E-state index >= 15 is 0 Å². The lowest BCUT2D eigenvalue weighted by Gasteiger charge is -2.37. The summed E-state index contributed by atoms with van der Waals surface area (Å²) in [6, 6.07) is 63.7. The number of fused-ring (bicyclic) bond motifs is 3. The van der Waals surface area contributed by atoms with E-state index in [0.717, 1.165) is 43.8 Å². The summed E-state index contributed by atoms with van der Waals surface area (Å²) in [4.78, 5) is 3.88. The maximum Gasteiger partial charge on any atom is 0.189 e. The first-order valence-corrected chi connectivity index (χ1v) is 18.0. The van der Waals surface area contributed by atoms with Crippen molar-refractivity contribution in [2.75, 3.05) is 0 Å². The van der Waals surface area contributed by atoms with Crippen LogP contribution in [0.4, 0.5) is 5.69 Å². The van der Waals surface area contributed by atoms with Crippen molar-refractivity contribution in [1.82, 2.24) is 4.57 Å². The summed E-state index contributed by atoms with van der Waals surface area (Å²) in [6.45, 7) is 7.99. The summed E-state index contributed by atoms with van der Waals surface area (Å²) in [5.41, 5.74) is 6.22. The van der Waals surface area contributed by atoms with Crippen LogP contribution in [0.5, 0.6) is 0 Å². The van der Waals surface area contributed by atoms with E-state index in [2.05, 4.69) is 167 Å². The molecule has 3 nitrogen and oxygen atoms in total. The van der Waals surface area contributed by atoms with Gasteiger partial charge in [0.15, 0.2) is 13.8 Å². The molecule has 0 fully saturated rings. The van der Waals surface area contributed by atoms with E-state index in [-0.39, 0.29) is 0 Å². The minimum absolute atomic E-state index is 0.561. The molecule has 0 N–H and O–H groups in total. The largest absolute Gasteiger partial charge is 0.310 e. The summed E-state index contributed by atoms with van der Waals surface area (Å²) in [6.07, 6.45) is 0. The highest BCUT2D eigenvalue weighted by atomic mass is 28.3. The molecule has 7 aromatic carbocycles. The molecule has 0 spiro atoms. The van der Waals surface area contributed by atoms with Crippen molar-refractivity contribution < 1.29 is 0 Å². The second-order valence-electron chi connectivity index (χ2n) is 11.9. The SMILES string of the molecule is [C-]#[N+]c1ccc(-c2cccc(C#N)c2[Si](c2ccccc2)(c2ccccc2)c2ccccc2)c(-n2c3ccccc3c3ccccc32)c1. The number of para-hydroxylation sites is 2. The molecule has 224 valence electrons. The number of aromatic nitrogens is 1. The van der Waals surface area contributed by atoms with Gasteiger partial charge in [-0.15, -0.1) is 0 Å². The van der Waals surface area contributed by atoms with Crippen molar-refractivity contribution in [3.8, 4) is 22.9 Å². The van der Waals surface area contributed by atoms with E-state index in [0.29, 0.717) is 11.3 Å². The van der Waals surface area contributed by atoms with E-state index in [1.165, 1.54) is 15.6 Å². The van der Waals surface area contributed by atoms with Gasteiger partial charge in [-0.2, -0.15) is 5.26 Å². The van der Waals surface area contributed by atoms with Crippen LogP contribution in [-0.4, -0.2) is 12.6 Å². The first kappa shape index (κ1) is 29.0. The topological polar surface area (TPSA) is 33.1 Å². The minimum atomic E-state index is -3.12. The smallest absolute Gasteiger partial charge is 0.189 e. The first-order valence-electron chi connectivity index (χ1n) is 16.0. The molecule has 48 heavy (non-hydrogen) atoms. The molecular weight excluding hydrogens is 599 g/mol. The molecule has 0 atom stereocenters. The fourth-order valence-corrected chi connectivity index (χ4v) is 12.6. The zero-order valence-corrected chi connectivity index (χ0v) is 27.1. The zero-order valence-electron chi connectivity index (χ0n) is 26.1. The molecule has 0 radical (unpaired) electrons. The van der Waals surface area contributed by atoms with Crippen LogP contribution in [0, 0.1) is 17.9 Å². The zero-order chi connectivity index (χ0) is 32.5. The van der Waals surface area contributed by atoms with E-state index < -0.39 is 8.07 Å². The molecule has 4 heteroatoms. The monoisotopic (exact) mass is 627 g/mol. The average Bonchev–Trinajstić information content (AvgIpc) is 3.50. The lowest BCUT2D eigenvalue weighted by atomic mass is 10.00. The Balaban J connectivity index is 1.56. The molecule has 0 aliphatic rings. The van der Waals surface area contributed by atoms with Crippen molar-refractivity contribution in [3.63, 3.8) is 0 Å². The number of hydrogen-bond acceptors (Lipinski definition) is 1. The van der Waals surface area contributed by atoms with Crippen molar-refractivity contribution >= 4 is 56.3 Å². The summed E-state index contributed by atoms with van der Waals surface area (Å²) >= 11 is 0. The number of nitrogens with zero attached hydrogens (tertiary/aromatic N) is 3. The van der Waals surface area contributed by atoms with Gasteiger partial charge in [0.05, 0.1) is 29.2 Å². The molecule has 1 aromatic heterocycles. The van der Waals surface area contributed by atoms with Crippen LogP contribution in [-0.2, 0) is 0 Å². The summed E-state index contributed by atoms with van der Waals surface area (Å²) in [7, 11) is -3.12. The molecule has 0 unspecified atom stereocenters. The second kappa shape index (κ2) is 12.0. The Labute approximate surface area is 281 Å². The standard InChI is InChI=1S/C44H29N3Si/c1-46-33-28-29-39(43(30-33)47-41-26-13-11-23-37(41)38-24-12-14-27-42(38)47)40-25-15-16-32(31-45)44(40)48(34-17-5-2-6-18-34,35-19-7-3-8-20-35)36-21-9-4-10-22-36/h2-30H. The quantitative estimate of drug-likeness (QED) is 0.104. The Morgan fingerprint density at radius 2 is 1.02 bits per heavy atom. The third-order valence-corrected chi connectivity index (χ3v) is 14.3. The van der Waals surface area contributed by atoms with Gasteiger partial charge in [-0.25, -0.2) is 4.85 Å². The molecule has 0 amide bonds. The van der Waals surface area contributed by atoms with E-state index in [1.807, 2.05) is 24.3 Å². The van der Waals surface area contributed by atoms with Crippen LogP contribution in [0.15, 0.2) is 176 Å². The number of nitriles is 1. The van der Waals surface area contributed by atoms with Gasteiger partial charge >= 0.3 is 0 Å². The van der Waals surface area contributed by atoms with Crippen LogP contribution in [0.1, 0.15) is 5.56 Å². The highest BCUT2D eigenvalue weighted by molar-refractivity contribution is 7.20. The molecule has 8 aromatic rings. The average molecular weight is 628 g/mol. The normalized spacial score (nSPS) is 11.3. The Hall–Kier alpha value is -6.46. The van der Waals surface area contributed by atoms with Crippen molar-refractivity contribution in [2.45, 2.75) is 0 Å². The van der Waals surface area contributed by atoms with Crippen LogP contribution < -0.4 is 20.7 Å². The lowest BCUT2D eigenvalue weighted by molar-refractivity contribution is 1.18. The van der Waals surface area contributed by atoms with Crippen LogP contribution in [0.25, 0.3) is 43.5 Å². The van der Waals surface area contributed by atoms with Crippen molar-refractivity contribution in [1.29, 1.82) is 5.26 Å². The van der Waals surface area contributed by atoms with Gasteiger partial charge in [0.1, 0.15) is 0 Å². The van der Waals surface area contributed by atoms with Gasteiger partial charge in [-0.05, 0) is 50.6 Å². The molecule has 0 aliphatic carbocycles. The fraction of sp³-hybridized carbons (Fsp3) is 0. The van der Waals surface area contributed by atoms with Gasteiger partial charge in [-0.3, -0.25) is 0 Å². The molecule has 0 bridgehead atoms. The lowest BCUT2D eigenvalue weighted by Crippen LogP contribution is -2.75. The highest BCUT2D eigenvalue weighted by Crippen LogP contribution is 2.38. The summed E-state index contributed by atoms with van der Waals surface area (Å²) < 4.78 is 2.29. The van der Waals surface area contributed by atoms with Gasteiger partial charge in [-0.1, -0.05) is 152 Å². The molecule has 8 rings (SSSR count). The highest BCUT2D eigenvalue weighted by Gasteiger charge is 2.44. The van der Waals surface area contributed by atoms with E-state index in [1.54, 1.807) is 0 Å². The molecule has 0 aliphatic heterocycles.